The van der Waals surface area contributed by atoms with Gasteiger partial charge < -0.3 is 46.9 Å². The summed E-state index contributed by atoms with van der Waals surface area (Å²) >= 11 is 0. The van der Waals surface area contributed by atoms with Crippen molar-refractivity contribution in [2.75, 3.05) is 37.2 Å². The second-order valence-electron chi connectivity index (χ2n) is 29.3. The molecule has 0 fully saturated rings. The molecule has 0 aliphatic rings. The number of hydrogen-bond acceptors (Lipinski definition) is 15. The maximum atomic E-state index is 11.7. The minimum Gasteiger partial charge on any atom is -0.444 e. The Morgan fingerprint density at radius 2 is 0.712 bits per heavy atom. The van der Waals surface area contributed by atoms with Gasteiger partial charge in [0.25, 0.3) is 0 Å². The second kappa shape index (κ2) is 36.1. The normalized spacial score (nSPS) is 11.3. The van der Waals surface area contributed by atoms with Gasteiger partial charge in [-0.25, -0.2) is 24.4 Å². The summed E-state index contributed by atoms with van der Waals surface area (Å²) in [5.74, 6) is 1.81. The summed E-state index contributed by atoms with van der Waals surface area (Å²) in [5, 5.41) is 11.2. The summed E-state index contributed by atoms with van der Waals surface area (Å²) in [5.41, 5.74) is 34.9. The van der Waals surface area contributed by atoms with Crippen LogP contribution in [0.5, 0.6) is 0 Å². The van der Waals surface area contributed by atoms with E-state index in [1.807, 2.05) is 144 Å². The molecule has 0 spiro atoms. The highest BCUT2D eigenvalue weighted by Crippen LogP contribution is 2.28. The molecule has 0 saturated heterocycles. The fourth-order valence-electron chi connectivity index (χ4n) is 11.9. The Morgan fingerprint density at radius 1 is 0.404 bits per heavy atom. The molecule has 10 aromatic rings. The van der Waals surface area contributed by atoms with Gasteiger partial charge in [0.15, 0.2) is 0 Å². The number of alkyl carbamates (subject to hydrolysis) is 3. The summed E-state index contributed by atoms with van der Waals surface area (Å²) in [7, 11) is 0. The standard InChI is InChI=1S/C23H31N3O3.C22H28N4O2.C21H29N3O2.C17H20N4/c1-15-13-20(21(16(2)25-15)26-17(3)27)14-19-9-7-18(8-10-19)11-12-24-22(28)29-23(4,5)6;1-14-13-19-20(15(2)24-14)25-16(3)26(19)18-9-7-17(8-10-18)11-12-23-21(27)28-22(4,5)6;1-14-12-18(19(22)15(2)24-14)13-17-8-6-16(7-9-17)10-11-23-20(25)26-21(3,4)5;1-11-10-16-17(12(2)19-11)20-13(3)21(16)15-6-4-14(5-7-15)8-9-18/h7-10,13H,11-12,14H2,1-6H3,(H,24,28)(H,26,27);7-10,13H,11-12H2,1-6H3,(H,23,27);6-9,12H,10-11,13,22H2,1-5H3,(H,23,25);4-7,10H,8-9,18H2,1-3H3. The van der Waals surface area contributed by atoms with E-state index < -0.39 is 22.9 Å². The minimum absolute atomic E-state index is 0.104. The Hall–Kier alpha value is -10.5. The Labute approximate surface area is 614 Å². The molecule has 4 amide bonds. The molecule has 104 heavy (non-hydrogen) atoms. The Bertz CT molecular complexity index is 4580. The number of aryl methyl sites for hydroxylation is 10. The molecule has 0 radical (unpaired) electrons. The number of aromatic nitrogens is 8. The number of nitrogens with zero attached hydrogens (tertiary/aromatic N) is 8. The first-order valence-corrected chi connectivity index (χ1v) is 35.5. The number of benzene rings is 4. The second-order valence-corrected chi connectivity index (χ2v) is 29.3. The smallest absolute Gasteiger partial charge is 0.407 e. The number of nitrogens with one attached hydrogen (secondary N) is 4. The van der Waals surface area contributed by atoms with E-state index in [1.54, 1.807) is 0 Å². The number of imidazole rings is 2. The lowest BCUT2D eigenvalue weighted by atomic mass is 10.0. The third-order valence-corrected chi connectivity index (χ3v) is 16.3. The number of fused-ring (bicyclic) bond motifs is 2. The summed E-state index contributed by atoms with van der Waals surface area (Å²) in [4.78, 5) is 73.8. The first-order valence-electron chi connectivity index (χ1n) is 35.5. The van der Waals surface area contributed by atoms with Crippen molar-refractivity contribution in [2.24, 2.45) is 5.73 Å². The van der Waals surface area contributed by atoms with E-state index in [-0.39, 0.29) is 18.1 Å². The quantitative estimate of drug-likeness (QED) is 0.0436. The first-order chi connectivity index (χ1) is 48.9. The molecule has 4 aromatic carbocycles. The Morgan fingerprint density at radius 3 is 1.07 bits per heavy atom. The van der Waals surface area contributed by atoms with Crippen LogP contribution in [0.15, 0.2) is 121 Å². The SMILES string of the molecule is CC(=O)Nc1c(Cc2ccc(CCNC(=O)OC(C)(C)C)cc2)cc(C)nc1C.Cc1cc(Cc2ccc(CCNC(=O)OC(C)(C)C)cc2)c(N)c(C)n1.Cc1cc2c(nc(C)n2-c2ccc(CCN)cc2)c(C)n1.Cc1cc2c(nc(C)n2-c2ccc(CCNC(=O)OC(C)(C)C)cc2)c(C)n1. The van der Waals surface area contributed by atoms with E-state index in [0.717, 1.165) is 162 Å². The van der Waals surface area contributed by atoms with Gasteiger partial charge in [0.1, 0.15) is 39.5 Å². The monoisotopic (exact) mass is 1410 g/mol. The van der Waals surface area contributed by atoms with Gasteiger partial charge in [-0.1, -0.05) is 72.8 Å². The lowest BCUT2D eigenvalue weighted by Crippen LogP contribution is -2.33. The topological polar surface area (TPSA) is 283 Å². The van der Waals surface area contributed by atoms with Crippen LogP contribution in [0.4, 0.5) is 25.8 Å². The highest BCUT2D eigenvalue weighted by molar-refractivity contribution is 5.90. The van der Waals surface area contributed by atoms with Crippen LogP contribution >= 0.6 is 0 Å². The molecule has 0 saturated carbocycles. The number of nitrogen functional groups attached to an aromatic ring is 1. The van der Waals surface area contributed by atoms with Gasteiger partial charge in [-0.05, 0) is 270 Å². The largest absolute Gasteiger partial charge is 0.444 e. The van der Waals surface area contributed by atoms with Crippen LogP contribution in [-0.2, 0) is 57.5 Å². The van der Waals surface area contributed by atoms with Gasteiger partial charge in [0.2, 0.25) is 5.91 Å². The molecular formula is C83H108N14O7. The molecule has 0 aliphatic heterocycles. The van der Waals surface area contributed by atoms with Crippen molar-refractivity contribution in [1.29, 1.82) is 0 Å². The van der Waals surface area contributed by atoms with Crippen molar-refractivity contribution in [1.82, 2.24) is 55.0 Å². The van der Waals surface area contributed by atoms with E-state index in [0.29, 0.717) is 32.6 Å². The zero-order chi connectivity index (χ0) is 76.4. The Kier molecular flexibility index (Phi) is 28.0. The number of ether oxygens (including phenoxy) is 3. The number of carbonyl (C=O) groups excluding carboxylic acids is 4. The van der Waals surface area contributed by atoms with Crippen LogP contribution in [-0.4, -0.2) is 106 Å². The third kappa shape index (κ3) is 24.9. The molecule has 552 valence electrons. The zero-order valence-corrected chi connectivity index (χ0v) is 64.7. The molecule has 0 bridgehead atoms. The van der Waals surface area contributed by atoms with E-state index >= 15 is 0 Å². The molecule has 21 heteroatoms. The van der Waals surface area contributed by atoms with Crippen LogP contribution in [0, 0.1) is 69.2 Å². The van der Waals surface area contributed by atoms with E-state index in [4.69, 9.17) is 25.7 Å². The van der Waals surface area contributed by atoms with Crippen molar-refractivity contribution in [2.45, 2.75) is 194 Å². The highest BCUT2D eigenvalue weighted by atomic mass is 16.6. The van der Waals surface area contributed by atoms with Crippen molar-refractivity contribution >= 4 is 57.6 Å². The van der Waals surface area contributed by atoms with Gasteiger partial charge in [0.05, 0.1) is 45.2 Å². The molecule has 0 atom stereocenters. The predicted molar refractivity (Wildman–Crippen MR) is 417 cm³/mol. The number of carbonyl (C=O) groups is 4. The zero-order valence-electron chi connectivity index (χ0n) is 64.7. The van der Waals surface area contributed by atoms with Gasteiger partial charge in [-0.15, -0.1) is 0 Å². The molecule has 0 unspecified atom stereocenters. The van der Waals surface area contributed by atoms with Crippen LogP contribution in [0.25, 0.3) is 33.4 Å². The number of nitrogens with two attached hydrogens (primary N) is 2. The fourth-order valence-corrected chi connectivity index (χ4v) is 11.9. The van der Waals surface area contributed by atoms with Crippen LogP contribution in [0.2, 0.25) is 0 Å². The third-order valence-electron chi connectivity index (χ3n) is 16.3. The van der Waals surface area contributed by atoms with Crippen molar-refractivity contribution < 1.29 is 33.4 Å². The highest BCUT2D eigenvalue weighted by Gasteiger charge is 2.20. The van der Waals surface area contributed by atoms with Crippen LogP contribution < -0.4 is 32.7 Å². The number of hydrogen-bond donors (Lipinski definition) is 6. The summed E-state index contributed by atoms with van der Waals surface area (Å²) in [6.07, 6.45) is 3.46. The number of amides is 4. The van der Waals surface area contributed by atoms with E-state index in [1.165, 1.54) is 23.6 Å². The number of anilines is 2. The van der Waals surface area contributed by atoms with Gasteiger partial charge in [-0.2, -0.15) is 0 Å². The molecule has 10 rings (SSSR count). The van der Waals surface area contributed by atoms with Crippen molar-refractivity contribution in [3.8, 4) is 11.4 Å². The number of rotatable bonds is 18. The number of pyridine rings is 4. The molecule has 8 N–H and O–H groups in total. The first kappa shape index (κ1) is 80.8. The fraction of sp³-hybridized carbons (Fsp3) is 0.398. The van der Waals surface area contributed by atoms with Crippen molar-refractivity contribution in [3.05, 3.63) is 223 Å². The Balaban J connectivity index is 0.000000195. The van der Waals surface area contributed by atoms with Crippen LogP contribution in [0.1, 0.15) is 171 Å². The van der Waals surface area contributed by atoms with Crippen LogP contribution in [0.3, 0.4) is 0 Å². The summed E-state index contributed by atoms with van der Waals surface area (Å²) in [6.45, 7) is 40.3. The minimum atomic E-state index is -0.495. The average Bonchev–Trinajstić information content (AvgIpc) is 1.63. The van der Waals surface area contributed by atoms with Gasteiger partial charge in [0, 0.05) is 60.7 Å². The van der Waals surface area contributed by atoms with Crippen molar-refractivity contribution in [3.63, 3.8) is 0 Å². The van der Waals surface area contributed by atoms with Gasteiger partial charge in [-0.3, -0.25) is 33.9 Å². The predicted octanol–water partition coefficient (Wildman–Crippen LogP) is 15.5. The maximum Gasteiger partial charge on any atom is 0.407 e. The lowest BCUT2D eigenvalue weighted by molar-refractivity contribution is -0.114. The summed E-state index contributed by atoms with van der Waals surface area (Å²) in [6, 6.07) is 41.7. The molecule has 0 aliphatic carbocycles. The van der Waals surface area contributed by atoms with E-state index in [2.05, 4.69) is 169 Å². The molecular weight excluding hydrogens is 1310 g/mol. The van der Waals surface area contributed by atoms with Gasteiger partial charge >= 0.3 is 18.3 Å². The average molecular weight is 1410 g/mol. The molecule has 6 heterocycles. The lowest BCUT2D eigenvalue weighted by Gasteiger charge is -2.19. The summed E-state index contributed by atoms with van der Waals surface area (Å²) < 4.78 is 20.0. The van der Waals surface area contributed by atoms with E-state index in [9.17, 15) is 19.2 Å². The molecule has 21 nitrogen and oxygen atoms in total. The molecule has 6 aromatic heterocycles. The maximum absolute atomic E-state index is 11.7.